The van der Waals surface area contributed by atoms with Gasteiger partial charge in [0.1, 0.15) is 17.6 Å². The van der Waals surface area contributed by atoms with E-state index < -0.39 is 17.8 Å². The number of carbonyl (C=O) groups is 1. The Kier molecular flexibility index (Phi) is 6.36. The van der Waals surface area contributed by atoms with E-state index in [1.165, 1.54) is 12.1 Å². The Labute approximate surface area is 158 Å². The van der Waals surface area contributed by atoms with Gasteiger partial charge >= 0.3 is 5.97 Å². The first-order valence-corrected chi connectivity index (χ1v) is 9.08. The van der Waals surface area contributed by atoms with Crippen LogP contribution in [0.5, 0.6) is 5.75 Å². The average molecular weight is 373 g/mol. The van der Waals surface area contributed by atoms with Crippen LogP contribution in [0.25, 0.3) is 0 Å². The zero-order chi connectivity index (χ0) is 19.2. The van der Waals surface area contributed by atoms with Crippen molar-refractivity contribution in [1.29, 1.82) is 0 Å². The molecule has 0 radical (unpaired) electrons. The largest absolute Gasteiger partial charge is 0.494 e. The monoisotopic (exact) mass is 373 g/mol. The fourth-order valence-corrected chi connectivity index (χ4v) is 3.43. The maximum Gasteiger partial charge on any atom is 0.325 e. The van der Waals surface area contributed by atoms with Gasteiger partial charge in [-0.25, -0.2) is 4.39 Å². The predicted octanol–water partition coefficient (Wildman–Crippen LogP) is 2.56. The molecule has 0 bridgehead atoms. The molecule has 0 amide bonds. The van der Waals surface area contributed by atoms with Gasteiger partial charge in [-0.1, -0.05) is 6.07 Å². The average Bonchev–Trinajstić information content (AvgIpc) is 2.64. The van der Waals surface area contributed by atoms with Gasteiger partial charge in [0.15, 0.2) is 0 Å². The zero-order valence-electron chi connectivity index (χ0n) is 15.3. The minimum Gasteiger partial charge on any atom is -0.494 e. The second-order valence-electron chi connectivity index (χ2n) is 6.57. The van der Waals surface area contributed by atoms with E-state index in [1.54, 1.807) is 19.2 Å². The number of halogens is 1. The molecule has 1 fully saturated rings. The molecular formula is C20H24FN3O3. The molecule has 6 nitrogen and oxygen atoms in total. The van der Waals surface area contributed by atoms with Gasteiger partial charge in [0, 0.05) is 51.2 Å². The van der Waals surface area contributed by atoms with E-state index >= 15 is 0 Å². The Hall–Kier alpha value is -2.51. The van der Waals surface area contributed by atoms with Crippen molar-refractivity contribution < 1.29 is 19.0 Å². The highest BCUT2D eigenvalue weighted by molar-refractivity contribution is 5.75. The summed E-state index contributed by atoms with van der Waals surface area (Å²) in [6.45, 7) is 5.66. The number of piperazine rings is 1. The van der Waals surface area contributed by atoms with Gasteiger partial charge in [0.05, 0.1) is 6.61 Å². The number of nitrogens with zero attached hydrogens (tertiary/aromatic N) is 3. The third kappa shape index (κ3) is 5.02. The molecule has 1 saturated heterocycles. The summed E-state index contributed by atoms with van der Waals surface area (Å²) < 4.78 is 19.3. The number of aliphatic carboxylic acids is 1. The smallest absolute Gasteiger partial charge is 0.325 e. The van der Waals surface area contributed by atoms with E-state index in [0.29, 0.717) is 31.0 Å². The van der Waals surface area contributed by atoms with Crippen LogP contribution in [0.15, 0.2) is 42.7 Å². The summed E-state index contributed by atoms with van der Waals surface area (Å²) in [5.41, 5.74) is 1.54. The third-order valence-electron chi connectivity index (χ3n) is 4.66. The molecule has 0 saturated carbocycles. The highest BCUT2D eigenvalue weighted by atomic mass is 19.1. The number of ether oxygens (including phenoxy) is 1. The first-order chi connectivity index (χ1) is 13.1. The molecule has 2 aromatic rings. The summed E-state index contributed by atoms with van der Waals surface area (Å²) >= 11 is 0. The molecule has 1 aromatic carbocycles. The second-order valence-corrected chi connectivity index (χ2v) is 6.57. The molecule has 3 rings (SSSR count). The van der Waals surface area contributed by atoms with E-state index in [-0.39, 0.29) is 0 Å². The van der Waals surface area contributed by atoms with Crippen LogP contribution in [0, 0.1) is 5.82 Å². The molecule has 0 aliphatic carbocycles. The van der Waals surface area contributed by atoms with Crippen LogP contribution in [-0.2, 0) is 11.3 Å². The van der Waals surface area contributed by atoms with Crippen molar-refractivity contribution in [2.45, 2.75) is 19.5 Å². The lowest BCUT2D eigenvalue weighted by Gasteiger charge is -2.37. The van der Waals surface area contributed by atoms with E-state index in [0.717, 1.165) is 25.2 Å². The summed E-state index contributed by atoms with van der Waals surface area (Å²) in [6.07, 6.45) is 3.59. The van der Waals surface area contributed by atoms with Crippen molar-refractivity contribution in [3.63, 3.8) is 0 Å². The highest BCUT2D eigenvalue weighted by Crippen LogP contribution is 2.27. The van der Waals surface area contributed by atoms with Crippen LogP contribution >= 0.6 is 0 Å². The van der Waals surface area contributed by atoms with Crippen molar-refractivity contribution in [2.75, 3.05) is 32.8 Å². The van der Waals surface area contributed by atoms with Crippen LogP contribution in [0.4, 0.5) is 4.39 Å². The lowest BCUT2D eigenvalue weighted by atomic mass is 10.0. The van der Waals surface area contributed by atoms with Crippen LogP contribution in [0.2, 0.25) is 0 Å². The van der Waals surface area contributed by atoms with Crippen molar-refractivity contribution in [2.24, 2.45) is 0 Å². The maximum atomic E-state index is 13.9. The van der Waals surface area contributed by atoms with Gasteiger partial charge in [-0.15, -0.1) is 0 Å². The molecule has 0 spiro atoms. The molecule has 1 aromatic heterocycles. The fraction of sp³-hybridized carbons (Fsp3) is 0.400. The number of benzene rings is 1. The van der Waals surface area contributed by atoms with Crippen LogP contribution in [0.3, 0.4) is 0 Å². The van der Waals surface area contributed by atoms with Crippen LogP contribution < -0.4 is 4.74 Å². The Morgan fingerprint density at radius 3 is 2.70 bits per heavy atom. The molecule has 1 unspecified atom stereocenters. The number of hydrogen-bond donors (Lipinski definition) is 1. The number of carboxylic acid groups (broad SMARTS) is 1. The first-order valence-electron chi connectivity index (χ1n) is 9.08. The van der Waals surface area contributed by atoms with Gasteiger partial charge in [0.25, 0.3) is 0 Å². The first kappa shape index (κ1) is 19.3. The summed E-state index contributed by atoms with van der Waals surface area (Å²) in [6, 6.07) is 7.22. The van der Waals surface area contributed by atoms with E-state index in [2.05, 4.69) is 9.88 Å². The van der Waals surface area contributed by atoms with Crippen molar-refractivity contribution in [3.8, 4) is 5.75 Å². The summed E-state index contributed by atoms with van der Waals surface area (Å²) in [5, 5.41) is 9.76. The molecule has 144 valence electrons. The molecule has 7 heteroatoms. The van der Waals surface area contributed by atoms with Crippen LogP contribution in [-0.4, -0.2) is 58.6 Å². The third-order valence-corrected chi connectivity index (χ3v) is 4.66. The lowest BCUT2D eigenvalue weighted by Crippen LogP contribution is -2.48. The summed E-state index contributed by atoms with van der Waals surface area (Å²) in [4.78, 5) is 20.2. The van der Waals surface area contributed by atoms with Gasteiger partial charge in [-0.05, 0) is 36.2 Å². The Morgan fingerprint density at radius 2 is 2.07 bits per heavy atom. The molecular weight excluding hydrogens is 349 g/mol. The minimum atomic E-state index is -0.983. The zero-order valence-corrected chi connectivity index (χ0v) is 15.3. The number of aromatic nitrogens is 1. The number of pyridine rings is 1. The summed E-state index contributed by atoms with van der Waals surface area (Å²) in [5.74, 6) is -1.12. The minimum absolute atomic E-state index is 0.356. The quantitative estimate of drug-likeness (QED) is 0.805. The molecule has 1 N–H and O–H groups in total. The molecule has 2 heterocycles. The standard InChI is InChI=1S/C20H24FN3O3/c1-2-27-18-11-16(10-17(21)12-18)19(20(25)26)24-8-6-23(7-9-24)14-15-4-3-5-22-13-15/h3-5,10-13,19H,2,6-9,14H2,1H3,(H,25,26). The number of hydrogen-bond acceptors (Lipinski definition) is 5. The normalized spacial score (nSPS) is 16.8. The summed E-state index contributed by atoms with van der Waals surface area (Å²) in [7, 11) is 0. The van der Waals surface area contributed by atoms with E-state index in [9.17, 15) is 14.3 Å². The van der Waals surface area contributed by atoms with Gasteiger partial charge in [-0.3, -0.25) is 19.6 Å². The topological polar surface area (TPSA) is 65.9 Å². The molecule has 1 aliphatic heterocycles. The van der Waals surface area contributed by atoms with E-state index in [4.69, 9.17) is 4.74 Å². The molecule has 1 atom stereocenters. The van der Waals surface area contributed by atoms with Crippen molar-refractivity contribution in [1.82, 2.24) is 14.8 Å². The number of carboxylic acids is 1. The molecule has 1 aliphatic rings. The second kappa shape index (κ2) is 8.92. The predicted molar refractivity (Wildman–Crippen MR) is 99.0 cm³/mol. The lowest BCUT2D eigenvalue weighted by molar-refractivity contribution is -0.144. The number of rotatable bonds is 7. The fourth-order valence-electron chi connectivity index (χ4n) is 3.43. The van der Waals surface area contributed by atoms with Crippen LogP contribution in [0.1, 0.15) is 24.1 Å². The SMILES string of the molecule is CCOc1cc(F)cc(C(C(=O)O)N2CCN(Cc3cccnc3)CC2)c1. The Bertz CT molecular complexity index is 764. The Balaban J connectivity index is 1.69. The Morgan fingerprint density at radius 1 is 1.30 bits per heavy atom. The van der Waals surface area contributed by atoms with Gasteiger partial charge in [0.2, 0.25) is 0 Å². The van der Waals surface area contributed by atoms with E-state index in [1.807, 2.05) is 23.2 Å². The van der Waals surface area contributed by atoms with Gasteiger partial charge < -0.3 is 9.84 Å². The van der Waals surface area contributed by atoms with Crippen molar-refractivity contribution in [3.05, 3.63) is 59.7 Å². The van der Waals surface area contributed by atoms with Gasteiger partial charge in [-0.2, -0.15) is 0 Å². The maximum absolute atomic E-state index is 13.9. The highest BCUT2D eigenvalue weighted by Gasteiger charge is 2.31. The molecule has 27 heavy (non-hydrogen) atoms. The van der Waals surface area contributed by atoms with Crippen molar-refractivity contribution >= 4 is 5.97 Å².